The van der Waals surface area contributed by atoms with Crippen LogP contribution in [0.2, 0.25) is 5.02 Å². The van der Waals surface area contributed by atoms with Crippen molar-refractivity contribution in [3.8, 4) is 0 Å². The minimum absolute atomic E-state index is 0.204. The smallest absolute Gasteiger partial charge is 0.328 e. The van der Waals surface area contributed by atoms with Crippen LogP contribution in [0.25, 0.3) is 0 Å². The maximum Gasteiger partial charge on any atom is 0.328 e. The third-order valence-corrected chi connectivity index (χ3v) is 5.93. The first-order chi connectivity index (χ1) is 16.4. The number of aromatic amines is 1. The van der Waals surface area contributed by atoms with Gasteiger partial charge in [-0.25, -0.2) is 4.79 Å². The van der Waals surface area contributed by atoms with Crippen molar-refractivity contribution in [2.75, 3.05) is 0 Å². The van der Waals surface area contributed by atoms with Crippen LogP contribution in [-0.4, -0.2) is 26.7 Å². The molecule has 0 aliphatic rings. The minimum atomic E-state index is -1.22. The first-order valence-corrected chi connectivity index (χ1v) is 11.0. The fourth-order valence-corrected chi connectivity index (χ4v) is 4.24. The fraction of sp³-hybridized carbons (Fsp3) is 0.115. The summed E-state index contributed by atoms with van der Waals surface area (Å²) in [5.74, 6) is -1.17. The molecule has 172 valence electrons. The standard InChI is InChI=1S/C26H22ClN3O4/c27-21-16-30(25(34)28-23(21)31)17-22(24(32)33)29-26(18-10-4-1-5-11-18,19-12-6-2-7-13-19)20-14-8-3-9-15-20/h1-16,22,29H,17H2,(H,32,33)(H,28,31,34)/t22-/m0/s1. The number of carboxylic acids is 1. The van der Waals surface area contributed by atoms with Gasteiger partial charge in [-0.3, -0.25) is 24.5 Å². The van der Waals surface area contributed by atoms with Crippen molar-refractivity contribution in [1.29, 1.82) is 0 Å². The van der Waals surface area contributed by atoms with E-state index >= 15 is 0 Å². The second kappa shape index (κ2) is 9.91. The Hall–Kier alpha value is -3.94. The third kappa shape index (κ3) is 4.57. The van der Waals surface area contributed by atoms with E-state index in [9.17, 15) is 19.5 Å². The number of aromatic nitrogens is 2. The molecule has 0 radical (unpaired) electrons. The number of rotatable bonds is 8. The highest BCUT2D eigenvalue weighted by atomic mass is 35.5. The van der Waals surface area contributed by atoms with E-state index in [0.717, 1.165) is 27.5 Å². The highest BCUT2D eigenvalue weighted by molar-refractivity contribution is 6.30. The van der Waals surface area contributed by atoms with Crippen molar-refractivity contribution in [1.82, 2.24) is 14.9 Å². The van der Waals surface area contributed by atoms with E-state index in [4.69, 9.17) is 11.6 Å². The van der Waals surface area contributed by atoms with Crippen LogP contribution in [0.15, 0.2) is 107 Å². The number of hydrogen-bond donors (Lipinski definition) is 3. The topological polar surface area (TPSA) is 104 Å². The molecule has 0 unspecified atom stereocenters. The molecule has 0 bridgehead atoms. The van der Waals surface area contributed by atoms with Gasteiger partial charge in [0.25, 0.3) is 5.56 Å². The van der Waals surface area contributed by atoms with E-state index in [1.165, 1.54) is 0 Å². The number of hydrogen-bond acceptors (Lipinski definition) is 4. The quantitative estimate of drug-likeness (QED) is 0.339. The monoisotopic (exact) mass is 475 g/mol. The normalized spacial score (nSPS) is 12.3. The molecule has 7 nitrogen and oxygen atoms in total. The number of carbonyl (C=O) groups is 1. The zero-order valence-corrected chi connectivity index (χ0v) is 18.8. The lowest BCUT2D eigenvalue weighted by atomic mass is 9.76. The van der Waals surface area contributed by atoms with Crippen LogP contribution in [0.5, 0.6) is 0 Å². The summed E-state index contributed by atoms with van der Waals surface area (Å²) in [6, 6.07) is 27.3. The zero-order valence-electron chi connectivity index (χ0n) is 18.0. The van der Waals surface area contributed by atoms with Crippen LogP contribution in [0, 0.1) is 0 Å². The lowest BCUT2D eigenvalue weighted by molar-refractivity contribution is -0.140. The van der Waals surface area contributed by atoms with Gasteiger partial charge in [-0.2, -0.15) is 0 Å². The molecule has 1 aromatic heterocycles. The van der Waals surface area contributed by atoms with E-state index in [2.05, 4.69) is 10.3 Å². The molecule has 3 N–H and O–H groups in total. The molecule has 0 aliphatic carbocycles. The van der Waals surface area contributed by atoms with E-state index in [-0.39, 0.29) is 11.6 Å². The number of nitrogens with zero attached hydrogens (tertiary/aromatic N) is 1. The Balaban J connectivity index is 1.91. The van der Waals surface area contributed by atoms with Gasteiger partial charge in [-0.15, -0.1) is 0 Å². The molecule has 0 saturated heterocycles. The Labute approximate surface area is 200 Å². The first-order valence-electron chi connectivity index (χ1n) is 10.6. The van der Waals surface area contributed by atoms with Crippen molar-refractivity contribution >= 4 is 17.6 Å². The third-order valence-electron chi connectivity index (χ3n) is 5.66. The van der Waals surface area contributed by atoms with E-state index in [1.807, 2.05) is 91.0 Å². The van der Waals surface area contributed by atoms with E-state index in [0.29, 0.717) is 0 Å². The van der Waals surface area contributed by atoms with Gasteiger partial charge in [0, 0.05) is 6.20 Å². The molecule has 8 heteroatoms. The van der Waals surface area contributed by atoms with Crippen LogP contribution >= 0.6 is 11.6 Å². The fourth-order valence-electron chi connectivity index (χ4n) is 4.08. The summed E-state index contributed by atoms with van der Waals surface area (Å²) in [4.78, 5) is 38.6. The van der Waals surface area contributed by atoms with Crippen LogP contribution in [-0.2, 0) is 16.9 Å². The average Bonchev–Trinajstić information content (AvgIpc) is 2.86. The summed E-state index contributed by atoms with van der Waals surface area (Å²) in [6.45, 7) is -0.265. The predicted octanol–water partition coefficient (Wildman–Crippen LogP) is 3.22. The number of aliphatic carboxylic acids is 1. The van der Waals surface area contributed by atoms with Gasteiger partial charge in [0.2, 0.25) is 0 Å². The van der Waals surface area contributed by atoms with Crippen molar-refractivity contribution in [3.63, 3.8) is 0 Å². The maximum absolute atomic E-state index is 12.5. The molecule has 1 atom stereocenters. The number of halogens is 1. The molecule has 0 amide bonds. The summed E-state index contributed by atoms with van der Waals surface area (Å²) >= 11 is 5.90. The van der Waals surface area contributed by atoms with Gasteiger partial charge in [0.05, 0.1) is 12.1 Å². The lowest BCUT2D eigenvalue weighted by Crippen LogP contribution is -2.54. The summed E-state index contributed by atoms with van der Waals surface area (Å²) in [6.07, 6.45) is 1.15. The number of carboxylic acid groups (broad SMARTS) is 1. The molecule has 4 aromatic rings. The Morgan fingerprint density at radius 3 is 1.74 bits per heavy atom. The molecule has 1 heterocycles. The van der Waals surface area contributed by atoms with Crippen LogP contribution in [0.3, 0.4) is 0 Å². The van der Waals surface area contributed by atoms with Crippen molar-refractivity contribution in [3.05, 3.63) is 140 Å². The predicted molar refractivity (Wildman–Crippen MR) is 130 cm³/mol. The van der Waals surface area contributed by atoms with Crippen LogP contribution < -0.4 is 16.6 Å². The average molecular weight is 476 g/mol. The van der Waals surface area contributed by atoms with E-state index < -0.39 is 28.8 Å². The first kappa shape index (κ1) is 23.2. The van der Waals surface area contributed by atoms with Crippen LogP contribution in [0.1, 0.15) is 16.7 Å². The lowest BCUT2D eigenvalue weighted by Gasteiger charge is -2.39. The number of nitrogens with one attached hydrogen (secondary N) is 2. The summed E-state index contributed by atoms with van der Waals surface area (Å²) in [5.41, 5.74) is -0.0498. The summed E-state index contributed by atoms with van der Waals surface area (Å²) in [5, 5.41) is 13.3. The molecule has 0 saturated carbocycles. The van der Waals surface area contributed by atoms with Crippen LogP contribution in [0.4, 0.5) is 0 Å². The molecule has 4 rings (SSSR count). The van der Waals surface area contributed by atoms with E-state index in [1.54, 1.807) is 0 Å². The summed E-state index contributed by atoms with van der Waals surface area (Å²) in [7, 11) is 0. The zero-order chi connectivity index (χ0) is 24.1. The Morgan fingerprint density at radius 1 is 0.882 bits per heavy atom. The largest absolute Gasteiger partial charge is 0.480 e. The van der Waals surface area contributed by atoms with Crippen molar-refractivity contribution in [2.45, 2.75) is 18.1 Å². The van der Waals surface area contributed by atoms with Crippen molar-refractivity contribution < 1.29 is 9.90 Å². The molecular weight excluding hydrogens is 454 g/mol. The van der Waals surface area contributed by atoms with Gasteiger partial charge < -0.3 is 5.11 Å². The Bertz CT molecular complexity index is 1290. The SMILES string of the molecule is O=C(O)[C@H](Cn1cc(Cl)c(=O)[nH]c1=O)NC(c1ccccc1)(c1ccccc1)c1ccccc1. The van der Waals surface area contributed by atoms with Gasteiger partial charge in [0.1, 0.15) is 11.1 Å². The molecule has 0 spiro atoms. The van der Waals surface area contributed by atoms with Gasteiger partial charge >= 0.3 is 11.7 Å². The van der Waals surface area contributed by atoms with Crippen molar-refractivity contribution in [2.24, 2.45) is 0 Å². The second-order valence-electron chi connectivity index (χ2n) is 7.77. The van der Waals surface area contributed by atoms with Gasteiger partial charge in [-0.1, -0.05) is 103 Å². The number of H-pyrrole nitrogens is 1. The molecule has 0 aliphatic heterocycles. The molecule has 3 aromatic carbocycles. The maximum atomic E-state index is 12.5. The Morgan fingerprint density at radius 2 is 1.32 bits per heavy atom. The highest BCUT2D eigenvalue weighted by Gasteiger charge is 2.40. The van der Waals surface area contributed by atoms with Gasteiger partial charge in [-0.05, 0) is 16.7 Å². The molecule has 0 fully saturated rings. The highest BCUT2D eigenvalue weighted by Crippen LogP contribution is 2.37. The number of benzene rings is 3. The second-order valence-corrected chi connectivity index (χ2v) is 8.18. The minimum Gasteiger partial charge on any atom is -0.480 e. The van der Waals surface area contributed by atoms with Gasteiger partial charge in [0.15, 0.2) is 0 Å². The summed E-state index contributed by atoms with van der Waals surface area (Å²) < 4.78 is 1.08. The molecular formula is C26H22ClN3O4. The molecule has 34 heavy (non-hydrogen) atoms. The Kier molecular flexibility index (Phi) is 6.77.